The van der Waals surface area contributed by atoms with Gasteiger partial charge in [-0.3, -0.25) is 9.36 Å². The molecule has 0 unspecified atom stereocenters. The molecule has 0 aliphatic carbocycles. The number of hydrogen-bond donors (Lipinski definition) is 1. The summed E-state index contributed by atoms with van der Waals surface area (Å²) in [5.41, 5.74) is -0.0810. The number of aliphatic hydroxyl groups is 1. The van der Waals surface area contributed by atoms with E-state index >= 15 is 0 Å². The minimum Gasteiger partial charge on any atom is -0.455 e. The second-order valence-electron chi connectivity index (χ2n) is 5.12. The van der Waals surface area contributed by atoms with Gasteiger partial charge in [0.15, 0.2) is 5.75 Å². The molecule has 0 spiro atoms. The van der Waals surface area contributed by atoms with Crippen molar-refractivity contribution in [3.8, 4) is 22.8 Å². The third-order valence-electron chi connectivity index (χ3n) is 3.51. The summed E-state index contributed by atoms with van der Waals surface area (Å²) in [6, 6.07) is 13.9. The first-order valence-corrected chi connectivity index (χ1v) is 7.99. The standard InChI is InChI=1S/C18H12Cl2FNO3/c19-14-8-11(21)6-7-13(14)17-16(25-12-4-2-1-3-5-12)9-15(20)18(24)22(17)10-23/h1-9,23H,10H2. The number of para-hydroxylation sites is 1. The van der Waals surface area contributed by atoms with Crippen LogP contribution in [-0.4, -0.2) is 9.67 Å². The van der Waals surface area contributed by atoms with Crippen LogP contribution in [-0.2, 0) is 6.73 Å². The highest BCUT2D eigenvalue weighted by Crippen LogP contribution is 2.37. The fraction of sp³-hybridized carbons (Fsp3) is 0.0556. The van der Waals surface area contributed by atoms with Gasteiger partial charge in [0.05, 0.1) is 10.7 Å². The second-order valence-corrected chi connectivity index (χ2v) is 5.93. The predicted octanol–water partition coefficient (Wildman–Crippen LogP) is 4.70. The monoisotopic (exact) mass is 379 g/mol. The van der Waals surface area contributed by atoms with Crippen LogP contribution in [0.5, 0.6) is 11.5 Å². The maximum atomic E-state index is 13.4. The van der Waals surface area contributed by atoms with Crippen molar-refractivity contribution in [2.24, 2.45) is 0 Å². The molecule has 0 aliphatic heterocycles. The van der Waals surface area contributed by atoms with Gasteiger partial charge in [-0.1, -0.05) is 41.4 Å². The van der Waals surface area contributed by atoms with Crippen molar-refractivity contribution in [2.75, 3.05) is 0 Å². The molecule has 1 heterocycles. The summed E-state index contributed by atoms with van der Waals surface area (Å²) in [6.45, 7) is -0.645. The molecule has 0 aliphatic rings. The Bertz CT molecular complexity index is 974. The van der Waals surface area contributed by atoms with E-state index in [4.69, 9.17) is 27.9 Å². The van der Waals surface area contributed by atoms with E-state index in [9.17, 15) is 14.3 Å². The van der Waals surface area contributed by atoms with Crippen molar-refractivity contribution in [3.05, 3.63) is 80.8 Å². The summed E-state index contributed by atoms with van der Waals surface area (Å²) in [5.74, 6) is 0.186. The Morgan fingerprint density at radius 2 is 1.76 bits per heavy atom. The molecule has 3 aromatic rings. The van der Waals surface area contributed by atoms with Crippen molar-refractivity contribution in [3.63, 3.8) is 0 Å². The third kappa shape index (κ3) is 3.54. The van der Waals surface area contributed by atoms with Crippen molar-refractivity contribution in [1.29, 1.82) is 0 Å². The summed E-state index contributed by atoms with van der Waals surface area (Å²) in [5, 5.41) is 9.60. The van der Waals surface area contributed by atoms with Gasteiger partial charge >= 0.3 is 0 Å². The Balaban J connectivity index is 2.27. The Morgan fingerprint density at radius 1 is 1.04 bits per heavy atom. The van der Waals surface area contributed by atoms with Crippen LogP contribution in [0, 0.1) is 5.82 Å². The van der Waals surface area contributed by atoms with E-state index < -0.39 is 18.1 Å². The molecule has 0 radical (unpaired) electrons. The number of nitrogens with zero attached hydrogens (tertiary/aromatic N) is 1. The van der Waals surface area contributed by atoms with Crippen molar-refractivity contribution >= 4 is 23.2 Å². The predicted molar refractivity (Wildman–Crippen MR) is 94.9 cm³/mol. The van der Waals surface area contributed by atoms with Gasteiger partial charge in [0.2, 0.25) is 0 Å². The van der Waals surface area contributed by atoms with Crippen molar-refractivity contribution < 1.29 is 14.2 Å². The third-order valence-corrected chi connectivity index (χ3v) is 4.09. The Kier molecular flexibility index (Phi) is 5.08. The van der Waals surface area contributed by atoms with Gasteiger partial charge in [-0.25, -0.2) is 4.39 Å². The van der Waals surface area contributed by atoms with E-state index in [1.165, 1.54) is 18.2 Å². The van der Waals surface area contributed by atoms with Gasteiger partial charge in [0, 0.05) is 11.6 Å². The van der Waals surface area contributed by atoms with Crippen molar-refractivity contribution in [1.82, 2.24) is 4.57 Å². The number of hydrogen-bond acceptors (Lipinski definition) is 3. The lowest BCUT2D eigenvalue weighted by Gasteiger charge is -2.17. The fourth-order valence-corrected chi connectivity index (χ4v) is 2.85. The van der Waals surface area contributed by atoms with Crippen LogP contribution in [0.4, 0.5) is 4.39 Å². The summed E-state index contributed by atoms with van der Waals surface area (Å²) in [6.07, 6.45) is 0. The number of benzene rings is 2. The minimum absolute atomic E-state index is 0.0711. The van der Waals surface area contributed by atoms with Crippen LogP contribution in [0.1, 0.15) is 0 Å². The molecule has 4 nitrogen and oxygen atoms in total. The molecule has 1 N–H and O–H groups in total. The first-order chi connectivity index (χ1) is 12.0. The summed E-state index contributed by atoms with van der Waals surface area (Å²) >= 11 is 12.1. The molecular formula is C18H12Cl2FNO3. The van der Waals surface area contributed by atoms with Crippen LogP contribution in [0.25, 0.3) is 11.3 Å². The maximum Gasteiger partial charge on any atom is 0.271 e. The maximum absolute atomic E-state index is 13.4. The number of aromatic nitrogens is 1. The van der Waals surface area contributed by atoms with E-state index in [2.05, 4.69) is 0 Å². The second kappa shape index (κ2) is 7.27. The average Bonchev–Trinajstić information content (AvgIpc) is 2.59. The molecule has 0 saturated heterocycles. The summed E-state index contributed by atoms with van der Waals surface area (Å²) in [7, 11) is 0. The highest BCUT2D eigenvalue weighted by molar-refractivity contribution is 6.33. The molecular weight excluding hydrogens is 368 g/mol. The molecule has 0 fully saturated rings. The molecule has 0 amide bonds. The minimum atomic E-state index is -0.645. The number of pyridine rings is 1. The lowest BCUT2D eigenvalue weighted by atomic mass is 10.1. The molecule has 0 bridgehead atoms. The zero-order valence-electron chi connectivity index (χ0n) is 12.7. The smallest absolute Gasteiger partial charge is 0.271 e. The first kappa shape index (κ1) is 17.5. The van der Waals surface area contributed by atoms with E-state index in [1.54, 1.807) is 24.3 Å². The lowest BCUT2D eigenvalue weighted by molar-refractivity contribution is 0.207. The SMILES string of the molecule is O=c1c(Cl)cc(Oc2ccccc2)c(-c2ccc(F)cc2Cl)n1CO. The molecule has 2 aromatic carbocycles. The van der Waals surface area contributed by atoms with Crippen molar-refractivity contribution in [2.45, 2.75) is 6.73 Å². The van der Waals surface area contributed by atoms with Gasteiger partial charge in [0.1, 0.15) is 23.3 Å². The topological polar surface area (TPSA) is 51.5 Å². The van der Waals surface area contributed by atoms with Crippen LogP contribution >= 0.6 is 23.2 Å². The van der Waals surface area contributed by atoms with Gasteiger partial charge in [0.25, 0.3) is 5.56 Å². The number of rotatable bonds is 4. The van der Waals surface area contributed by atoms with E-state index in [-0.39, 0.29) is 21.5 Å². The first-order valence-electron chi connectivity index (χ1n) is 7.24. The Morgan fingerprint density at radius 3 is 2.40 bits per heavy atom. The molecule has 0 atom stereocenters. The molecule has 1 aromatic heterocycles. The average molecular weight is 380 g/mol. The largest absolute Gasteiger partial charge is 0.455 e. The zero-order chi connectivity index (χ0) is 18.0. The van der Waals surface area contributed by atoms with E-state index in [0.29, 0.717) is 11.3 Å². The summed E-state index contributed by atoms with van der Waals surface area (Å²) in [4.78, 5) is 12.3. The molecule has 128 valence electrons. The van der Waals surface area contributed by atoms with Crippen LogP contribution in [0.3, 0.4) is 0 Å². The van der Waals surface area contributed by atoms with E-state index in [1.807, 2.05) is 6.07 Å². The zero-order valence-corrected chi connectivity index (χ0v) is 14.3. The molecule has 7 heteroatoms. The van der Waals surface area contributed by atoms with Gasteiger partial charge < -0.3 is 9.84 Å². The Hall–Kier alpha value is -2.34. The summed E-state index contributed by atoms with van der Waals surface area (Å²) < 4.78 is 20.2. The fourth-order valence-electron chi connectivity index (χ4n) is 2.40. The van der Waals surface area contributed by atoms with Gasteiger partial charge in [-0.2, -0.15) is 0 Å². The normalized spacial score (nSPS) is 10.7. The lowest BCUT2D eigenvalue weighted by Crippen LogP contribution is -2.23. The number of ether oxygens (including phenoxy) is 1. The van der Waals surface area contributed by atoms with Crippen LogP contribution < -0.4 is 10.3 Å². The van der Waals surface area contributed by atoms with E-state index in [0.717, 1.165) is 10.6 Å². The Labute approximate surface area is 152 Å². The molecule has 3 rings (SSSR count). The van der Waals surface area contributed by atoms with Crippen LogP contribution in [0.15, 0.2) is 59.4 Å². The number of halogens is 3. The molecule has 25 heavy (non-hydrogen) atoms. The highest BCUT2D eigenvalue weighted by Gasteiger charge is 2.19. The molecule has 0 saturated carbocycles. The van der Waals surface area contributed by atoms with Gasteiger partial charge in [-0.15, -0.1) is 0 Å². The quantitative estimate of drug-likeness (QED) is 0.714. The van der Waals surface area contributed by atoms with Crippen LogP contribution in [0.2, 0.25) is 10.0 Å². The highest BCUT2D eigenvalue weighted by atomic mass is 35.5. The number of aliphatic hydroxyl groups excluding tert-OH is 1. The van der Waals surface area contributed by atoms with Gasteiger partial charge in [-0.05, 0) is 30.3 Å².